The first kappa shape index (κ1) is 7.14. The zero-order valence-electron chi connectivity index (χ0n) is 4.26. The fourth-order valence-corrected chi connectivity index (χ4v) is 0.243. The highest BCUT2D eigenvalue weighted by Crippen LogP contribution is 1.94. The molecule has 3 heteroatoms. The van der Waals surface area contributed by atoms with E-state index in [1.165, 1.54) is 6.08 Å². The number of allylic oxidation sites excluding steroid dienone is 1. The lowest BCUT2D eigenvalue weighted by Crippen LogP contribution is -2.32. The fourth-order valence-electron chi connectivity index (χ4n) is 0.243. The Labute approximate surface area is 46.6 Å². The quantitative estimate of drug-likeness (QED) is 0.474. The number of aliphatic carboxylic acids is 1. The van der Waals surface area contributed by atoms with Gasteiger partial charge in [0.25, 0.3) is 0 Å². The van der Waals surface area contributed by atoms with E-state index in [1.807, 2.05) is 0 Å². The van der Waals surface area contributed by atoms with Crippen LogP contribution in [0.2, 0.25) is 0 Å². The Morgan fingerprint density at radius 1 is 2.00 bits per heavy atom. The number of hydrogen-bond donors (Lipinski definition) is 0. The van der Waals surface area contributed by atoms with Gasteiger partial charge in [-0.15, -0.1) is 6.58 Å². The lowest BCUT2D eigenvalue weighted by atomic mass is 10.3. The summed E-state index contributed by atoms with van der Waals surface area (Å²) in [4.78, 5) is 9.56. The van der Waals surface area contributed by atoms with Gasteiger partial charge in [-0.25, -0.2) is 4.39 Å². The molecule has 0 aliphatic carbocycles. The van der Waals surface area contributed by atoms with Crippen LogP contribution in [0.1, 0.15) is 6.42 Å². The van der Waals surface area contributed by atoms with Crippen molar-refractivity contribution in [2.75, 3.05) is 0 Å². The van der Waals surface area contributed by atoms with Crippen molar-refractivity contribution in [2.45, 2.75) is 12.6 Å². The molecule has 0 N–H and O–H groups in total. The molecule has 0 saturated heterocycles. The molecule has 1 atom stereocenters. The Kier molecular flexibility index (Phi) is 2.84. The lowest BCUT2D eigenvalue weighted by molar-refractivity contribution is -0.311. The smallest absolute Gasteiger partial charge is 0.143 e. The van der Waals surface area contributed by atoms with Gasteiger partial charge in [0.05, 0.1) is 5.97 Å². The van der Waals surface area contributed by atoms with Crippen LogP contribution in [0.25, 0.3) is 0 Å². The summed E-state index contributed by atoms with van der Waals surface area (Å²) in [7, 11) is 0. The molecule has 0 spiro atoms. The number of carbonyl (C=O) groups excluding carboxylic acids is 1. The first-order chi connectivity index (χ1) is 3.68. The zero-order chi connectivity index (χ0) is 6.57. The molecule has 0 aromatic heterocycles. The van der Waals surface area contributed by atoms with Crippen LogP contribution in [-0.2, 0) is 4.79 Å². The molecule has 2 nitrogen and oxygen atoms in total. The number of carboxylic acids is 1. The molecule has 0 aliphatic rings. The molecule has 0 aromatic rings. The maximum absolute atomic E-state index is 11.8. The molecule has 0 saturated carbocycles. The third kappa shape index (κ3) is 2.34. The van der Waals surface area contributed by atoms with Gasteiger partial charge in [-0.2, -0.15) is 0 Å². The van der Waals surface area contributed by atoms with Gasteiger partial charge in [0.2, 0.25) is 0 Å². The average Bonchev–Trinajstić information content (AvgIpc) is 1.67. The van der Waals surface area contributed by atoms with E-state index in [0.29, 0.717) is 0 Å². The summed E-state index contributed by atoms with van der Waals surface area (Å²) in [6.45, 7) is 3.15. The summed E-state index contributed by atoms with van der Waals surface area (Å²) in [5.41, 5.74) is 0. The topological polar surface area (TPSA) is 40.1 Å². The van der Waals surface area contributed by atoms with Crippen molar-refractivity contribution in [1.29, 1.82) is 0 Å². The van der Waals surface area contributed by atoms with E-state index in [-0.39, 0.29) is 6.42 Å². The molecule has 1 unspecified atom stereocenters. The minimum Gasteiger partial charge on any atom is -0.547 e. The number of alkyl halides is 1. The van der Waals surface area contributed by atoms with Crippen molar-refractivity contribution in [1.82, 2.24) is 0 Å². The van der Waals surface area contributed by atoms with Crippen molar-refractivity contribution in [3.05, 3.63) is 12.7 Å². The second-order valence-corrected chi connectivity index (χ2v) is 1.31. The number of hydrogen-bond acceptors (Lipinski definition) is 2. The van der Waals surface area contributed by atoms with Crippen LogP contribution in [0.3, 0.4) is 0 Å². The van der Waals surface area contributed by atoms with Gasteiger partial charge in [-0.3, -0.25) is 0 Å². The van der Waals surface area contributed by atoms with Gasteiger partial charge >= 0.3 is 0 Å². The van der Waals surface area contributed by atoms with Crippen molar-refractivity contribution in [2.24, 2.45) is 0 Å². The van der Waals surface area contributed by atoms with Crippen molar-refractivity contribution < 1.29 is 14.3 Å². The van der Waals surface area contributed by atoms with Crippen LogP contribution in [0, 0.1) is 0 Å². The second-order valence-electron chi connectivity index (χ2n) is 1.31. The molecule has 0 fully saturated rings. The summed E-state index contributed by atoms with van der Waals surface area (Å²) in [6, 6.07) is 0. The number of carboxylic acid groups (broad SMARTS) is 1. The molecular formula is C5H6FO2-. The van der Waals surface area contributed by atoms with Crippen LogP contribution >= 0.6 is 0 Å². The highest BCUT2D eigenvalue weighted by molar-refractivity contribution is 5.69. The molecule has 8 heavy (non-hydrogen) atoms. The average molecular weight is 117 g/mol. The standard InChI is InChI=1S/C5H7FO2/c1-2-3-4(6)5(7)8/h2,4H,1,3H2,(H,7,8)/p-1. The minimum absolute atomic E-state index is 0.178. The zero-order valence-corrected chi connectivity index (χ0v) is 4.26. The van der Waals surface area contributed by atoms with Gasteiger partial charge < -0.3 is 9.90 Å². The Morgan fingerprint density at radius 3 is 2.62 bits per heavy atom. The minimum atomic E-state index is -1.90. The Bertz CT molecular complexity index is 101. The van der Waals surface area contributed by atoms with Gasteiger partial charge in [-0.1, -0.05) is 6.08 Å². The normalized spacial score (nSPS) is 12.6. The molecule has 0 rings (SSSR count). The van der Waals surface area contributed by atoms with Crippen LogP contribution in [0.15, 0.2) is 12.7 Å². The third-order valence-corrected chi connectivity index (χ3v) is 0.629. The molecule has 0 heterocycles. The van der Waals surface area contributed by atoms with E-state index in [0.717, 1.165) is 0 Å². The predicted octanol–water partition coefficient (Wildman–Crippen LogP) is -0.350. The van der Waals surface area contributed by atoms with E-state index in [1.54, 1.807) is 0 Å². The van der Waals surface area contributed by atoms with Crippen LogP contribution in [0.4, 0.5) is 4.39 Å². The van der Waals surface area contributed by atoms with Crippen molar-refractivity contribution in [3.63, 3.8) is 0 Å². The fraction of sp³-hybridized carbons (Fsp3) is 0.400. The number of carbonyl (C=O) groups is 1. The molecule has 0 aromatic carbocycles. The SMILES string of the molecule is C=CCC(F)C(=O)[O-]. The molecule has 46 valence electrons. The van der Waals surface area contributed by atoms with E-state index >= 15 is 0 Å². The van der Waals surface area contributed by atoms with Crippen molar-refractivity contribution >= 4 is 5.97 Å². The predicted molar refractivity (Wildman–Crippen MR) is 24.7 cm³/mol. The van der Waals surface area contributed by atoms with Gasteiger partial charge in [0.1, 0.15) is 6.17 Å². The summed E-state index contributed by atoms with van der Waals surface area (Å²) < 4.78 is 11.8. The van der Waals surface area contributed by atoms with E-state index < -0.39 is 12.1 Å². The number of rotatable bonds is 3. The second kappa shape index (κ2) is 3.18. The van der Waals surface area contributed by atoms with Crippen LogP contribution in [-0.4, -0.2) is 12.1 Å². The maximum atomic E-state index is 11.8. The maximum Gasteiger partial charge on any atom is 0.143 e. The summed E-state index contributed by atoms with van der Waals surface area (Å²) in [6.07, 6.45) is -0.879. The molecule has 0 amide bonds. The third-order valence-electron chi connectivity index (χ3n) is 0.629. The molecule has 0 bridgehead atoms. The lowest BCUT2D eigenvalue weighted by Gasteiger charge is -2.03. The van der Waals surface area contributed by atoms with Crippen molar-refractivity contribution in [3.8, 4) is 0 Å². The summed E-state index contributed by atoms with van der Waals surface area (Å²) in [5.74, 6) is -1.68. The van der Waals surface area contributed by atoms with Gasteiger partial charge in [-0.05, 0) is 0 Å². The summed E-state index contributed by atoms with van der Waals surface area (Å²) in [5, 5.41) is 9.56. The van der Waals surface area contributed by atoms with Gasteiger partial charge in [0, 0.05) is 6.42 Å². The van der Waals surface area contributed by atoms with Gasteiger partial charge in [0.15, 0.2) is 0 Å². The van der Waals surface area contributed by atoms with Crippen LogP contribution < -0.4 is 5.11 Å². The molecule has 0 aliphatic heterocycles. The number of halogens is 1. The highest BCUT2D eigenvalue weighted by atomic mass is 19.1. The Balaban J connectivity index is 3.46. The first-order valence-corrected chi connectivity index (χ1v) is 2.14. The Hall–Kier alpha value is -0.860. The highest BCUT2D eigenvalue weighted by Gasteiger charge is 2.01. The largest absolute Gasteiger partial charge is 0.547 e. The first-order valence-electron chi connectivity index (χ1n) is 2.14. The molecule has 0 radical (unpaired) electrons. The molecular weight excluding hydrogens is 111 g/mol. The Morgan fingerprint density at radius 2 is 2.50 bits per heavy atom. The van der Waals surface area contributed by atoms with E-state index in [9.17, 15) is 14.3 Å². The summed E-state index contributed by atoms with van der Waals surface area (Å²) >= 11 is 0. The van der Waals surface area contributed by atoms with Crippen LogP contribution in [0.5, 0.6) is 0 Å². The van der Waals surface area contributed by atoms with E-state index in [2.05, 4.69) is 6.58 Å². The monoisotopic (exact) mass is 117 g/mol. The van der Waals surface area contributed by atoms with E-state index in [4.69, 9.17) is 0 Å².